The predicted molar refractivity (Wildman–Crippen MR) is 131 cm³/mol. The van der Waals surface area contributed by atoms with Crippen molar-refractivity contribution < 1.29 is 22.7 Å². The Morgan fingerprint density at radius 2 is 1.91 bits per heavy atom. The molecule has 0 aliphatic carbocycles. The van der Waals surface area contributed by atoms with Gasteiger partial charge in [-0.05, 0) is 36.2 Å². The van der Waals surface area contributed by atoms with Gasteiger partial charge in [-0.15, -0.1) is 0 Å². The third kappa shape index (κ3) is 5.69. The Bertz CT molecular complexity index is 1150. The maximum Gasteiger partial charge on any atom is 0.242 e. The Morgan fingerprint density at radius 1 is 1.18 bits per heavy atom. The van der Waals surface area contributed by atoms with E-state index < -0.39 is 10.0 Å². The summed E-state index contributed by atoms with van der Waals surface area (Å²) >= 11 is 1.50. The number of ether oxygens (including phenoxy) is 2. The summed E-state index contributed by atoms with van der Waals surface area (Å²) in [5, 5.41) is 0.761. The molecule has 0 spiro atoms. The van der Waals surface area contributed by atoms with E-state index >= 15 is 0 Å². The lowest BCUT2D eigenvalue weighted by atomic mass is 10.1. The van der Waals surface area contributed by atoms with Gasteiger partial charge in [0.2, 0.25) is 15.9 Å². The van der Waals surface area contributed by atoms with Crippen LogP contribution < -0.4 is 9.47 Å². The molecule has 3 rings (SSSR count). The first-order valence-electron chi connectivity index (χ1n) is 10.5. The molecule has 0 radical (unpaired) electrons. The first-order valence-corrected chi connectivity index (χ1v) is 12.8. The molecule has 0 bridgehead atoms. The average molecular weight is 492 g/mol. The molecule has 0 aromatic heterocycles. The third-order valence-electron chi connectivity index (χ3n) is 5.19. The van der Waals surface area contributed by atoms with Gasteiger partial charge < -0.3 is 9.47 Å². The molecule has 1 aliphatic heterocycles. The number of hydrogen-bond donors (Lipinski definition) is 0. The zero-order valence-electron chi connectivity index (χ0n) is 19.4. The summed E-state index contributed by atoms with van der Waals surface area (Å²) in [6.07, 6.45) is 0.781. The molecule has 0 N–H and O–H groups in total. The fraction of sp³-hybridized carbons (Fsp3) is 0.391. The highest BCUT2D eigenvalue weighted by Crippen LogP contribution is 2.33. The zero-order valence-corrected chi connectivity index (χ0v) is 21.1. The van der Waals surface area contributed by atoms with E-state index in [2.05, 4.69) is 4.99 Å². The molecule has 33 heavy (non-hydrogen) atoms. The monoisotopic (exact) mass is 491 g/mol. The van der Waals surface area contributed by atoms with E-state index in [1.54, 1.807) is 31.3 Å². The summed E-state index contributed by atoms with van der Waals surface area (Å²) < 4.78 is 36.9. The second kappa shape index (κ2) is 10.6. The number of aliphatic imine (C=N–C) groups is 1. The fourth-order valence-electron chi connectivity index (χ4n) is 3.47. The van der Waals surface area contributed by atoms with Gasteiger partial charge in [0.15, 0.2) is 16.7 Å². The van der Waals surface area contributed by atoms with Gasteiger partial charge in [0.1, 0.15) is 0 Å². The predicted octanol–water partition coefficient (Wildman–Crippen LogP) is 3.54. The minimum Gasteiger partial charge on any atom is -0.493 e. The maximum atomic E-state index is 13.1. The number of rotatable bonds is 8. The van der Waals surface area contributed by atoms with Crippen LogP contribution in [0.1, 0.15) is 18.9 Å². The van der Waals surface area contributed by atoms with Crippen LogP contribution in [0, 0.1) is 0 Å². The molecule has 1 atom stereocenters. The summed E-state index contributed by atoms with van der Waals surface area (Å²) in [5.74, 6) is 1.21. The van der Waals surface area contributed by atoms with Crippen LogP contribution in [0.4, 0.5) is 5.69 Å². The number of sulfonamides is 1. The van der Waals surface area contributed by atoms with Gasteiger partial charge >= 0.3 is 0 Å². The normalized spacial score (nSPS) is 17.6. The van der Waals surface area contributed by atoms with Crippen LogP contribution in [0.15, 0.2) is 52.4 Å². The lowest BCUT2D eigenvalue weighted by molar-refractivity contribution is -0.127. The lowest BCUT2D eigenvalue weighted by Crippen LogP contribution is -2.32. The van der Waals surface area contributed by atoms with Crippen molar-refractivity contribution in [2.75, 3.05) is 34.9 Å². The van der Waals surface area contributed by atoms with Crippen molar-refractivity contribution in [3.8, 4) is 11.5 Å². The van der Waals surface area contributed by atoms with Crippen molar-refractivity contribution in [2.45, 2.75) is 29.9 Å². The largest absolute Gasteiger partial charge is 0.493 e. The Labute approximate surface area is 199 Å². The van der Waals surface area contributed by atoms with Crippen LogP contribution in [0.2, 0.25) is 0 Å². The molecule has 0 saturated carbocycles. The van der Waals surface area contributed by atoms with Crippen molar-refractivity contribution in [3.63, 3.8) is 0 Å². The number of hydrogen-bond acceptors (Lipinski definition) is 7. The van der Waals surface area contributed by atoms with E-state index in [0.29, 0.717) is 35.3 Å². The molecule has 1 unspecified atom stereocenters. The van der Waals surface area contributed by atoms with E-state index in [1.807, 2.05) is 25.1 Å². The molecule has 1 saturated heterocycles. The number of carbonyl (C=O) groups is 1. The zero-order chi connectivity index (χ0) is 24.2. The number of methoxy groups -OCH3 is 2. The van der Waals surface area contributed by atoms with Crippen LogP contribution in [0.25, 0.3) is 0 Å². The van der Waals surface area contributed by atoms with Crippen LogP contribution >= 0.6 is 11.8 Å². The van der Waals surface area contributed by atoms with Crippen molar-refractivity contribution >= 4 is 38.5 Å². The molecule has 8 nitrogen and oxygen atoms in total. The second-order valence-electron chi connectivity index (χ2n) is 7.76. The number of amides is 1. The van der Waals surface area contributed by atoms with Crippen molar-refractivity contribution in [1.29, 1.82) is 0 Å². The molecule has 2 aromatic rings. The minimum atomic E-state index is -3.57. The summed E-state index contributed by atoms with van der Waals surface area (Å²) in [7, 11) is 2.56. The highest BCUT2D eigenvalue weighted by atomic mass is 32.2. The SMILES string of the molecule is COc1cccc(CCC(=O)N2CC(C)SC2=Nc2cccc(S(=O)(=O)N(C)C)c2)c1OC. The second-order valence-corrected chi connectivity index (χ2v) is 11.3. The fourth-order valence-corrected chi connectivity index (χ4v) is 5.46. The first kappa shape index (κ1) is 25.1. The van der Waals surface area contributed by atoms with Gasteiger partial charge in [0.05, 0.1) is 24.8 Å². The Kier molecular flexibility index (Phi) is 8.04. The summed E-state index contributed by atoms with van der Waals surface area (Å²) in [4.78, 5) is 19.5. The molecule has 1 fully saturated rings. The van der Waals surface area contributed by atoms with E-state index in [9.17, 15) is 13.2 Å². The average Bonchev–Trinajstić information content (AvgIpc) is 3.16. The molecule has 1 amide bonds. The van der Waals surface area contributed by atoms with Gasteiger partial charge in [0, 0.05) is 32.3 Å². The van der Waals surface area contributed by atoms with E-state index in [0.717, 1.165) is 9.87 Å². The van der Waals surface area contributed by atoms with Gasteiger partial charge in [-0.2, -0.15) is 0 Å². The Morgan fingerprint density at radius 3 is 2.58 bits per heavy atom. The molecular formula is C23H29N3O5S2. The van der Waals surface area contributed by atoms with Gasteiger partial charge in [-0.25, -0.2) is 17.7 Å². The lowest BCUT2D eigenvalue weighted by Gasteiger charge is -2.17. The summed E-state index contributed by atoms with van der Waals surface area (Å²) in [6, 6.07) is 12.1. The van der Waals surface area contributed by atoms with Crippen LogP contribution in [0.3, 0.4) is 0 Å². The van der Waals surface area contributed by atoms with Gasteiger partial charge in [-0.3, -0.25) is 9.69 Å². The standard InChI is InChI=1S/C23H29N3O5S2/c1-16-15-26(21(27)13-12-17-8-6-11-20(30-4)22(17)31-5)23(32-16)24-18-9-7-10-19(14-18)33(28,29)25(2)3/h6-11,14,16H,12-13,15H2,1-5H3. The molecule has 1 aliphatic rings. The highest BCUT2D eigenvalue weighted by Gasteiger charge is 2.31. The summed E-state index contributed by atoms with van der Waals surface area (Å²) in [5.41, 5.74) is 1.38. The minimum absolute atomic E-state index is 0.0486. The third-order valence-corrected chi connectivity index (χ3v) is 8.08. The van der Waals surface area contributed by atoms with Crippen LogP contribution in [0.5, 0.6) is 11.5 Å². The van der Waals surface area contributed by atoms with Crippen molar-refractivity contribution in [3.05, 3.63) is 48.0 Å². The van der Waals surface area contributed by atoms with E-state index in [1.165, 1.54) is 38.0 Å². The highest BCUT2D eigenvalue weighted by molar-refractivity contribution is 8.14. The maximum absolute atomic E-state index is 13.1. The molecular weight excluding hydrogens is 462 g/mol. The van der Waals surface area contributed by atoms with Crippen LogP contribution in [-0.2, 0) is 21.2 Å². The van der Waals surface area contributed by atoms with Gasteiger partial charge in [-0.1, -0.05) is 36.9 Å². The topological polar surface area (TPSA) is 88.5 Å². The number of para-hydroxylation sites is 1. The quantitative estimate of drug-likeness (QED) is 0.561. The number of amidine groups is 1. The number of benzene rings is 2. The molecule has 1 heterocycles. The van der Waals surface area contributed by atoms with Crippen LogP contribution in [-0.4, -0.2) is 68.8 Å². The Balaban J connectivity index is 1.80. The number of carbonyl (C=O) groups excluding carboxylic acids is 1. The number of nitrogens with zero attached hydrogens (tertiary/aromatic N) is 3. The first-order chi connectivity index (χ1) is 15.7. The Hall–Kier alpha value is -2.56. The summed E-state index contributed by atoms with van der Waals surface area (Å²) in [6.45, 7) is 2.58. The van der Waals surface area contributed by atoms with Crippen molar-refractivity contribution in [1.82, 2.24) is 9.21 Å². The smallest absolute Gasteiger partial charge is 0.242 e. The van der Waals surface area contributed by atoms with E-state index in [4.69, 9.17) is 9.47 Å². The molecule has 2 aromatic carbocycles. The van der Waals surface area contributed by atoms with E-state index in [-0.39, 0.29) is 22.5 Å². The van der Waals surface area contributed by atoms with Gasteiger partial charge in [0.25, 0.3) is 0 Å². The number of aryl methyl sites for hydroxylation is 1. The molecule has 178 valence electrons. The number of thioether (sulfide) groups is 1. The molecule has 10 heteroatoms. The van der Waals surface area contributed by atoms with Crippen molar-refractivity contribution in [2.24, 2.45) is 4.99 Å².